The van der Waals surface area contributed by atoms with Crippen LogP contribution in [0.2, 0.25) is 0 Å². The maximum absolute atomic E-state index is 6.09. The summed E-state index contributed by atoms with van der Waals surface area (Å²) in [5, 5.41) is 1.47. The Bertz CT molecular complexity index is 692. The second-order valence-corrected chi connectivity index (χ2v) is 8.76. The van der Waals surface area contributed by atoms with Crippen LogP contribution in [-0.2, 0) is 0 Å². The summed E-state index contributed by atoms with van der Waals surface area (Å²) in [6.45, 7) is 0. The summed E-state index contributed by atoms with van der Waals surface area (Å²) >= 11 is 0. The van der Waals surface area contributed by atoms with Crippen molar-refractivity contribution in [2.75, 3.05) is 13.5 Å². The van der Waals surface area contributed by atoms with Gasteiger partial charge in [0.1, 0.15) is 17.8 Å². The van der Waals surface area contributed by atoms with E-state index in [4.69, 9.17) is 9.47 Å². The minimum atomic E-state index is -0.219. The number of rotatable bonds is 3. The molecule has 0 radical (unpaired) electrons. The summed E-state index contributed by atoms with van der Waals surface area (Å²) in [6.07, 6.45) is 7.82. The lowest BCUT2D eigenvalue weighted by Crippen LogP contribution is -2.17. The maximum atomic E-state index is 6.09. The molecule has 0 spiro atoms. The predicted molar refractivity (Wildman–Crippen MR) is 97.4 cm³/mol. The highest BCUT2D eigenvalue weighted by atomic mass is 31.1. The SMILES string of the molecule is COc1ccccc1-c1cccc2c1[P@](C1CCCCC1)CO2. The molecule has 0 amide bonds. The summed E-state index contributed by atoms with van der Waals surface area (Å²) in [6, 6.07) is 14.8. The molecule has 4 rings (SSSR count). The van der Waals surface area contributed by atoms with Crippen molar-refractivity contribution < 1.29 is 9.47 Å². The van der Waals surface area contributed by atoms with Gasteiger partial charge in [0.05, 0.1) is 7.11 Å². The van der Waals surface area contributed by atoms with Gasteiger partial charge < -0.3 is 9.47 Å². The molecule has 1 saturated carbocycles. The van der Waals surface area contributed by atoms with Gasteiger partial charge in [0.25, 0.3) is 0 Å². The van der Waals surface area contributed by atoms with E-state index in [1.54, 1.807) is 7.11 Å². The maximum Gasteiger partial charge on any atom is 0.128 e. The molecule has 1 aliphatic carbocycles. The predicted octanol–water partition coefficient (Wildman–Crippen LogP) is 5.15. The van der Waals surface area contributed by atoms with Gasteiger partial charge in [-0.05, 0) is 44.1 Å². The molecule has 2 aromatic carbocycles. The van der Waals surface area contributed by atoms with Crippen molar-refractivity contribution in [2.45, 2.75) is 37.8 Å². The highest BCUT2D eigenvalue weighted by Gasteiger charge is 2.34. The number of hydrogen-bond acceptors (Lipinski definition) is 2. The van der Waals surface area contributed by atoms with Gasteiger partial charge in [-0.15, -0.1) is 0 Å². The van der Waals surface area contributed by atoms with Crippen molar-refractivity contribution in [3.63, 3.8) is 0 Å². The smallest absolute Gasteiger partial charge is 0.128 e. The zero-order valence-electron chi connectivity index (χ0n) is 13.6. The largest absolute Gasteiger partial charge is 0.496 e. The lowest BCUT2D eigenvalue weighted by molar-refractivity contribution is 0.399. The molecule has 3 heteroatoms. The van der Waals surface area contributed by atoms with Gasteiger partial charge in [0.15, 0.2) is 0 Å². The molecular weight excluding hydrogens is 303 g/mol. The zero-order valence-corrected chi connectivity index (χ0v) is 14.5. The Hall–Kier alpha value is -1.53. The fraction of sp³-hybridized carbons (Fsp3) is 0.400. The quantitative estimate of drug-likeness (QED) is 0.726. The van der Waals surface area contributed by atoms with Crippen LogP contribution in [-0.4, -0.2) is 19.1 Å². The molecule has 1 fully saturated rings. The van der Waals surface area contributed by atoms with Crippen LogP contribution in [0.25, 0.3) is 11.1 Å². The summed E-state index contributed by atoms with van der Waals surface area (Å²) in [5.74, 6) is 2.05. The van der Waals surface area contributed by atoms with Crippen LogP contribution in [0.5, 0.6) is 11.5 Å². The van der Waals surface area contributed by atoms with E-state index in [9.17, 15) is 0 Å². The highest BCUT2D eigenvalue weighted by Crippen LogP contribution is 2.54. The van der Waals surface area contributed by atoms with E-state index >= 15 is 0 Å². The van der Waals surface area contributed by atoms with Gasteiger partial charge in [-0.25, -0.2) is 0 Å². The lowest BCUT2D eigenvalue weighted by Gasteiger charge is -2.28. The van der Waals surface area contributed by atoms with Gasteiger partial charge in [0, 0.05) is 10.9 Å². The number of fused-ring (bicyclic) bond motifs is 1. The number of para-hydroxylation sites is 1. The summed E-state index contributed by atoms with van der Waals surface area (Å²) in [5.41, 5.74) is 3.34. The topological polar surface area (TPSA) is 18.5 Å². The van der Waals surface area contributed by atoms with Crippen molar-refractivity contribution in [2.24, 2.45) is 0 Å². The van der Waals surface area contributed by atoms with Crippen molar-refractivity contribution in [3.8, 4) is 22.6 Å². The van der Waals surface area contributed by atoms with Gasteiger partial charge in [-0.2, -0.15) is 0 Å². The fourth-order valence-electron chi connectivity index (χ4n) is 3.90. The van der Waals surface area contributed by atoms with Gasteiger partial charge in [-0.1, -0.05) is 49.6 Å². The van der Waals surface area contributed by atoms with Crippen LogP contribution in [0.3, 0.4) is 0 Å². The molecule has 2 aromatic rings. The third-order valence-corrected chi connectivity index (χ3v) is 7.90. The number of ether oxygens (including phenoxy) is 2. The molecule has 0 N–H and O–H groups in total. The van der Waals surface area contributed by atoms with Gasteiger partial charge in [-0.3, -0.25) is 0 Å². The van der Waals surface area contributed by atoms with Crippen molar-refractivity contribution in [1.29, 1.82) is 0 Å². The second kappa shape index (κ2) is 6.53. The number of methoxy groups -OCH3 is 1. The summed E-state index contributed by atoms with van der Waals surface area (Å²) in [7, 11) is 1.53. The summed E-state index contributed by atoms with van der Waals surface area (Å²) < 4.78 is 11.7. The van der Waals surface area contributed by atoms with E-state index in [2.05, 4.69) is 30.3 Å². The first-order chi connectivity index (χ1) is 11.4. The number of benzene rings is 2. The van der Waals surface area contributed by atoms with Gasteiger partial charge >= 0.3 is 0 Å². The van der Waals surface area contributed by atoms with Gasteiger partial charge in [0.2, 0.25) is 0 Å². The number of hydrogen-bond donors (Lipinski definition) is 0. The minimum Gasteiger partial charge on any atom is -0.496 e. The standard InChI is InChI=1S/C20H23O2P/c1-21-18-12-6-5-10-16(18)17-11-7-13-19-20(17)23(14-22-19)15-8-3-2-4-9-15/h5-7,10-13,15H,2-4,8-9,14H2,1H3/t23-/m0/s1. The van der Waals surface area contributed by atoms with E-state index in [1.165, 1.54) is 48.5 Å². The van der Waals surface area contributed by atoms with Crippen LogP contribution in [0, 0.1) is 0 Å². The van der Waals surface area contributed by atoms with Crippen LogP contribution >= 0.6 is 7.92 Å². The third kappa shape index (κ3) is 2.74. The normalized spacial score (nSPS) is 20.8. The van der Waals surface area contributed by atoms with E-state index in [-0.39, 0.29) is 7.92 Å². The Labute approximate surface area is 139 Å². The van der Waals surface area contributed by atoms with Crippen LogP contribution in [0.15, 0.2) is 42.5 Å². The average molecular weight is 326 g/mol. The van der Waals surface area contributed by atoms with Crippen LogP contribution < -0.4 is 14.8 Å². The Morgan fingerprint density at radius 2 is 1.74 bits per heavy atom. The molecular formula is C20H23O2P. The Morgan fingerprint density at radius 1 is 0.957 bits per heavy atom. The first-order valence-electron chi connectivity index (χ1n) is 8.54. The van der Waals surface area contributed by atoms with Crippen molar-refractivity contribution >= 4 is 13.2 Å². The molecule has 23 heavy (non-hydrogen) atoms. The Balaban J connectivity index is 1.79. The first kappa shape index (κ1) is 15.0. The van der Waals surface area contributed by atoms with E-state index in [1.807, 2.05) is 12.1 Å². The molecule has 0 aromatic heterocycles. The van der Waals surface area contributed by atoms with E-state index in [0.717, 1.165) is 23.5 Å². The first-order valence-corrected chi connectivity index (χ1v) is 10.1. The highest BCUT2D eigenvalue weighted by molar-refractivity contribution is 7.67. The molecule has 0 unspecified atom stereocenters. The monoisotopic (exact) mass is 326 g/mol. The second-order valence-electron chi connectivity index (χ2n) is 6.39. The molecule has 1 aliphatic heterocycles. The molecule has 120 valence electrons. The van der Waals surface area contributed by atoms with Crippen molar-refractivity contribution in [1.82, 2.24) is 0 Å². The lowest BCUT2D eigenvalue weighted by atomic mass is 10.0. The van der Waals surface area contributed by atoms with Crippen LogP contribution in [0.4, 0.5) is 0 Å². The molecule has 0 bridgehead atoms. The Morgan fingerprint density at radius 3 is 2.57 bits per heavy atom. The Kier molecular flexibility index (Phi) is 4.27. The molecule has 2 aliphatic rings. The third-order valence-electron chi connectivity index (χ3n) is 5.06. The molecule has 1 atom stereocenters. The van der Waals surface area contributed by atoms with E-state index in [0.29, 0.717) is 0 Å². The molecule has 2 nitrogen and oxygen atoms in total. The summed E-state index contributed by atoms with van der Waals surface area (Å²) in [4.78, 5) is 0. The average Bonchev–Trinajstić information content (AvgIpc) is 3.06. The zero-order chi connectivity index (χ0) is 15.6. The minimum absolute atomic E-state index is 0.219. The van der Waals surface area contributed by atoms with E-state index < -0.39 is 0 Å². The molecule has 0 saturated heterocycles. The fourth-order valence-corrected chi connectivity index (χ4v) is 6.80. The van der Waals surface area contributed by atoms with Crippen molar-refractivity contribution in [3.05, 3.63) is 42.5 Å². The van der Waals surface area contributed by atoms with Crippen LogP contribution in [0.1, 0.15) is 32.1 Å². The molecule has 1 heterocycles.